The number of hydrogen-bond donors (Lipinski definition) is 1. The van der Waals surface area contributed by atoms with E-state index in [0.717, 1.165) is 0 Å². The first-order chi connectivity index (χ1) is 5.13. The van der Waals surface area contributed by atoms with Gasteiger partial charge in [0.25, 0.3) is 0 Å². The Labute approximate surface area is 65.8 Å². The van der Waals surface area contributed by atoms with Gasteiger partial charge in [0.1, 0.15) is 0 Å². The average Bonchev–Trinajstić information content (AvgIpc) is 2.02. The molecule has 11 heavy (non-hydrogen) atoms. The lowest BCUT2D eigenvalue weighted by Gasteiger charge is -2.11. The van der Waals surface area contributed by atoms with Gasteiger partial charge in [-0.05, 0) is 0 Å². The molecule has 4 nitrogen and oxygen atoms in total. The topological polar surface area (TPSA) is 58.9 Å². The number of carbonyl (C=O) groups excluding carboxylic acids is 1. The quantitative estimate of drug-likeness (QED) is 0.288. The van der Waals surface area contributed by atoms with Crippen LogP contribution in [0.5, 0.6) is 0 Å². The van der Waals surface area contributed by atoms with Gasteiger partial charge in [-0.25, -0.2) is 0 Å². The minimum atomic E-state index is -0.294. The van der Waals surface area contributed by atoms with E-state index >= 15 is 0 Å². The van der Waals surface area contributed by atoms with Crippen LogP contribution in [0.15, 0.2) is 5.16 Å². The Morgan fingerprint density at radius 3 is 2.55 bits per heavy atom. The maximum absolute atomic E-state index is 10.9. The van der Waals surface area contributed by atoms with E-state index in [9.17, 15) is 4.79 Å². The van der Waals surface area contributed by atoms with Gasteiger partial charge in [-0.3, -0.25) is 4.79 Å². The van der Waals surface area contributed by atoms with E-state index in [1.165, 1.54) is 13.3 Å². The van der Waals surface area contributed by atoms with Crippen LogP contribution in [0.2, 0.25) is 0 Å². The zero-order valence-electron chi connectivity index (χ0n) is 6.94. The summed E-state index contributed by atoms with van der Waals surface area (Å²) in [5.41, 5.74) is 0. The van der Waals surface area contributed by atoms with Gasteiger partial charge in [-0.2, -0.15) is 0 Å². The molecule has 0 rings (SSSR count). The molecule has 0 fully saturated rings. The monoisotopic (exact) mass is 159 g/mol. The molecule has 0 aliphatic carbocycles. The van der Waals surface area contributed by atoms with Gasteiger partial charge in [0.15, 0.2) is 0 Å². The van der Waals surface area contributed by atoms with Crippen molar-refractivity contribution in [2.45, 2.75) is 13.8 Å². The minimum absolute atomic E-state index is 0.104. The van der Waals surface area contributed by atoms with Crippen LogP contribution < -0.4 is 0 Å². The van der Waals surface area contributed by atoms with Gasteiger partial charge in [-0.15, -0.1) is 5.16 Å². The zero-order chi connectivity index (χ0) is 8.85. The summed E-state index contributed by atoms with van der Waals surface area (Å²) in [4.78, 5) is 10.9. The molecular formula is C7H13NO3. The summed E-state index contributed by atoms with van der Waals surface area (Å²) >= 11 is 0. The summed E-state index contributed by atoms with van der Waals surface area (Å²) in [6.45, 7) is 3.50. The van der Waals surface area contributed by atoms with E-state index in [4.69, 9.17) is 5.21 Å². The summed E-state index contributed by atoms with van der Waals surface area (Å²) in [5.74, 6) is -0.666. The van der Waals surface area contributed by atoms with Crippen molar-refractivity contribution in [2.24, 2.45) is 17.0 Å². The van der Waals surface area contributed by atoms with Gasteiger partial charge in [0.2, 0.25) is 0 Å². The maximum Gasteiger partial charge on any atom is 0.309 e. The van der Waals surface area contributed by atoms with Gasteiger partial charge >= 0.3 is 5.97 Å². The normalized spacial score (nSPS) is 16.3. The molecule has 1 N–H and O–H groups in total. The summed E-state index contributed by atoms with van der Waals surface area (Å²) < 4.78 is 4.50. The predicted molar refractivity (Wildman–Crippen MR) is 40.6 cm³/mol. The fraction of sp³-hybridized carbons (Fsp3) is 0.714. The standard InChI is InChI=1S/C7H13NO3/c1-5(4-8-10)6(2)7(9)11-3/h4-6,10H,1-3H3/b8-4+. The van der Waals surface area contributed by atoms with Crippen LogP contribution in [0.4, 0.5) is 0 Å². The van der Waals surface area contributed by atoms with Crippen molar-refractivity contribution in [1.82, 2.24) is 0 Å². The highest BCUT2D eigenvalue weighted by molar-refractivity contribution is 5.77. The maximum atomic E-state index is 10.9. The molecule has 64 valence electrons. The van der Waals surface area contributed by atoms with Crippen molar-refractivity contribution in [3.05, 3.63) is 0 Å². The first-order valence-electron chi connectivity index (χ1n) is 3.38. The molecule has 0 spiro atoms. The Morgan fingerprint density at radius 2 is 2.18 bits per heavy atom. The molecule has 0 bridgehead atoms. The fourth-order valence-electron chi connectivity index (χ4n) is 0.635. The summed E-state index contributed by atoms with van der Waals surface area (Å²) in [7, 11) is 1.33. The molecule has 0 aromatic carbocycles. The van der Waals surface area contributed by atoms with Crippen molar-refractivity contribution in [1.29, 1.82) is 0 Å². The number of hydrogen-bond acceptors (Lipinski definition) is 4. The molecule has 0 aliphatic heterocycles. The molecule has 0 aromatic rings. The van der Waals surface area contributed by atoms with Crippen molar-refractivity contribution < 1.29 is 14.7 Å². The van der Waals surface area contributed by atoms with Crippen molar-refractivity contribution in [2.75, 3.05) is 7.11 Å². The van der Waals surface area contributed by atoms with Gasteiger partial charge in [0, 0.05) is 12.1 Å². The number of oxime groups is 1. The number of rotatable bonds is 3. The van der Waals surface area contributed by atoms with Crippen molar-refractivity contribution >= 4 is 12.2 Å². The highest BCUT2D eigenvalue weighted by Crippen LogP contribution is 2.09. The lowest BCUT2D eigenvalue weighted by Crippen LogP contribution is -2.20. The minimum Gasteiger partial charge on any atom is -0.469 e. The number of nitrogens with zero attached hydrogens (tertiary/aromatic N) is 1. The van der Waals surface area contributed by atoms with Crippen LogP contribution in [0, 0.1) is 11.8 Å². The van der Waals surface area contributed by atoms with Gasteiger partial charge in [-0.1, -0.05) is 13.8 Å². The van der Waals surface area contributed by atoms with Crippen LogP contribution >= 0.6 is 0 Å². The number of esters is 1. The third-order valence-electron chi connectivity index (χ3n) is 1.66. The van der Waals surface area contributed by atoms with Gasteiger partial charge in [0.05, 0.1) is 13.0 Å². The lowest BCUT2D eigenvalue weighted by molar-refractivity contribution is -0.145. The second-order valence-corrected chi connectivity index (χ2v) is 2.44. The molecule has 0 heterocycles. The molecule has 0 aliphatic rings. The summed E-state index contributed by atoms with van der Waals surface area (Å²) in [5, 5.41) is 11.0. The van der Waals surface area contributed by atoms with Crippen molar-refractivity contribution in [3.63, 3.8) is 0 Å². The summed E-state index contributed by atoms with van der Waals surface area (Å²) in [6.07, 6.45) is 1.31. The zero-order valence-corrected chi connectivity index (χ0v) is 6.94. The van der Waals surface area contributed by atoms with E-state index in [0.29, 0.717) is 0 Å². The highest BCUT2D eigenvalue weighted by Gasteiger charge is 2.18. The van der Waals surface area contributed by atoms with Crippen LogP contribution in [-0.4, -0.2) is 24.5 Å². The first-order valence-corrected chi connectivity index (χ1v) is 3.38. The largest absolute Gasteiger partial charge is 0.469 e. The van der Waals surface area contributed by atoms with Crippen LogP contribution in [0.1, 0.15) is 13.8 Å². The Morgan fingerprint density at radius 1 is 1.64 bits per heavy atom. The third kappa shape index (κ3) is 3.02. The molecule has 0 amide bonds. The smallest absolute Gasteiger partial charge is 0.309 e. The molecule has 2 unspecified atom stereocenters. The van der Waals surface area contributed by atoms with E-state index in [-0.39, 0.29) is 17.8 Å². The second kappa shape index (κ2) is 4.71. The number of ether oxygens (including phenoxy) is 1. The van der Waals surface area contributed by atoms with E-state index in [1.807, 2.05) is 0 Å². The van der Waals surface area contributed by atoms with E-state index in [2.05, 4.69) is 9.89 Å². The number of carbonyl (C=O) groups is 1. The third-order valence-corrected chi connectivity index (χ3v) is 1.66. The highest BCUT2D eigenvalue weighted by atomic mass is 16.5. The predicted octanol–water partition coefficient (Wildman–Crippen LogP) is 0.892. The first kappa shape index (κ1) is 9.94. The van der Waals surface area contributed by atoms with Crippen LogP contribution in [-0.2, 0) is 9.53 Å². The Balaban J connectivity index is 4.01. The molecule has 0 aromatic heterocycles. The SMILES string of the molecule is COC(=O)C(C)C(C)/C=N/O. The molecule has 4 heteroatoms. The van der Waals surface area contributed by atoms with E-state index in [1.54, 1.807) is 13.8 Å². The van der Waals surface area contributed by atoms with Crippen molar-refractivity contribution in [3.8, 4) is 0 Å². The number of methoxy groups -OCH3 is 1. The van der Waals surface area contributed by atoms with E-state index < -0.39 is 0 Å². The molecule has 0 saturated heterocycles. The second-order valence-electron chi connectivity index (χ2n) is 2.44. The Kier molecular flexibility index (Phi) is 4.26. The fourth-order valence-corrected chi connectivity index (χ4v) is 0.635. The average molecular weight is 159 g/mol. The molecular weight excluding hydrogens is 146 g/mol. The molecule has 0 radical (unpaired) electrons. The Bertz CT molecular complexity index is 156. The van der Waals surface area contributed by atoms with Crippen LogP contribution in [0.3, 0.4) is 0 Å². The lowest BCUT2D eigenvalue weighted by atomic mass is 9.98. The molecule has 2 atom stereocenters. The van der Waals surface area contributed by atoms with Crippen LogP contribution in [0.25, 0.3) is 0 Å². The Hall–Kier alpha value is -1.06. The summed E-state index contributed by atoms with van der Waals surface area (Å²) in [6, 6.07) is 0. The molecule has 0 saturated carbocycles. The van der Waals surface area contributed by atoms with Gasteiger partial charge < -0.3 is 9.94 Å².